The maximum absolute atomic E-state index is 12.6. The second-order valence-corrected chi connectivity index (χ2v) is 10.4. The quantitative estimate of drug-likeness (QED) is 0.333. The van der Waals surface area contributed by atoms with Crippen molar-refractivity contribution in [3.8, 4) is 5.75 Å². The van der Waals surface area contributed by atoms with E-state index >= 15 is 0 Å². The Morgan fingerprint density at radius 2 is 1.74 bits per heavy atom. The van der Waals surface area contributed by atoms with Gasteiger partial charge < -0.3 is 14.6 Å². The number of nitrogens with one attached hydrogen (secondary N) is 1. The second-order valence-electron chi connectivity index (χ2n) is 9.41. The van der Waals surface area contributed by atoms with Crippen LogP contribution in [0, 0.1) is 19.8 Å². The molecule has 0 aliphatic heterocycles. The Bertz CT molecular complexity index is 1110. The number of ether oxygens (including phenoxy) is 1. The molecular weight excluding hydrogens is 444 g/mol. The van der Waals surface area contributed by atoms with E-state index in [1.165, 1.54) is 17.3 Å². The molecule has 1 amide bonds. The highest BCUT2D eigenvalue weighted by atomic mass is 32.2. The molecule has 0 bridgehead atoms. The number of hydrogen-bond donors (Lipinski definition) is 1. The van der Waals surface area contributed by atoms with Crippen LogP contribution in [0.4, 0.5) is 5.69 Å². The molecular formula is C27H36N4O2S. The van der Waals surface area contributed by atoms with Gasteiger partial charge in [-0.1, -0.05) is 63.7 Å². The summed E-state index contributed by atoms with van der Waals surface area (Å²) in [6.45, 7) is 15.5. The van der Waals surface area contributed by atoms with Crippen molar-refractivity contribution in [2.75, 3.05) is 11.1 Å². The highest BCUT2D eigenvalue weighted by Gasteiger charge is 2.21. The van der Waals surface area contributed by atoms with Crippen LogP contribution in [0.2, 0.25) is 0 Å². The topological polar surface area (TPSA) is 69.0 Å². The van der Waals surface area contributed by atoms with Crippen molar-refractivity contribution >= 4 is 23.4 Å². The Kier molecular flexibility index (Phi) is 8.78. The minimum atomic E-state index is -0.269. The maximum Gasteiger partial charge on any atom is 0.234 e. The lowest BCUT2D eigenvalue weighted by Gasteiger charge is -2.18. The molecule has 0 radical (unpaired) electrons. The molecule has 34 heavy (non-hydrogen) atoms. The fraction of sp³-hybridized carbons (Fsp3) is 0.444. The molecule has 7 heteroatoms. The molecule has 2 aromatic carbocycles. The van der Waals surface area contributed by atoms with Crippen LogP contribution in [0.15, 0.2) is 47.6 Å². The molecule has 3 rings (SSSR count). The zero-order chi connectivity index (χ0) is 24.8. The second kappa shape index (κ2) is 11.6. The molecule has 0 fully saturated rings. The van der Waals surface area contributed by atoms with Crippen LogP contribution < -0.4 is 10.1 Å². The van der Waals surface area contributed by atoms with Crippen LogP contribution in [-0.4, -0.2) is 26.4 Å². The van der Waals surface area contributed by atoms with Crippen LogP contribution in [-0.2, 0) is 11.3 Å². The summed E-state index contributed by atoms with van der Waals surface area (Å²) in [4.78, 5) is 12.6. The third-order valence-electron chi connectivity index (χ3n) is 5.73. The summed E-state index contributed by atoms with van der Waals surface area (Å²) in [5.74, 6) is 2.64. The average Bonchev–Trinajstić information content (AvgIpc) is 3.17. The lowest BCUT2D eigenvalue weighted by atomic mass is 10.0. The predicted molar refractivity (Wildman–Crippen MR) is 140 cm³/mol. The molecule has 0 saturated carbocycles. The van der Waals surface area contributed by atoms with E-state index < -0.39 is 0 Å². The van der Waals surface area contributed by atoms with Gasteiger partial charge in [-0.15, -0.1) is 10.2 Å². The monoisotopic (exact) mass is 480 g/mol. The first kappa shape index (κ1) is 25.8. The summed E-state index contributed by atoms with van der Waals surface area (Å²) < 4.78 is 8.26. The maximum atomic E-state index is 12.6. The van der Waals surface area contributed by atoms with Crippen molar-refractivity contribution in [1.82, 2.24) is 14.8 Å². The van der Waals surface area contributed by atoms with Crippen LogP contribution in [0.25, 0.3) is 0 Å². The SMILES string of the molecule is Cc1cccc(NC(=O)CSc2nnc(C(C)Oc3ccc(C(C)C)cc3)n2CC(C)C)c1C. The number of hydrogen-bond acceptors (Lipinski definition) is 5. The normalized spacial score (nSPS) is 12.3. The fourth-order valence-corrected chi connectivity index (χ4v) is 4.39. The van der Waals surface area contributed by atoms with E-state index in [1.807, 2.05) is 51.1 Å². The van der Waals surface area contributed by atoms with Gasteiger partial charge in [0.15, 0.2) is 17.1 Å². The number of rotatable bonds is 10. The minimum Gasteiger partial charge on any atom is -0.483 e. The van der Waals surface area contributed by atoms with E-state index in [9.17, 15) is 4.79 Å². The molecule has 182 valence electrons. The summed E-state index contributed by atoms with van der Waals surface area (Å²) in [5, 5.41) is 12.6. The molecule has 3 aromatic rings. The van der Waals surface area contributed by atoms with E-state index in [0.29, 0.717) is 11.8 Å². The molecule has 1 aromatic heterocycles. The third kappa shape index (κ3) is 6.63. The van der Waals surface area contributed by atoms with E-state index in [1.54, 1.807) is 0 Å². The minimum absolute atomic E-state index is 0.0612. The van der Waals surface area contributed by atoms with E-state index in [0.717, 1.165) is 40.1 Å². The number of thioether (sulfide) groups is 1. The summed E-state index contributed by atoms with van der Waals surface area (Å²) >= 11 is 1.40. The Morgan fingerprint density at radius 1 is 1.03 bits per heavy atom. The van der Waals surface area contributed by atoms with Crippen molar-refractivity contribution in [3.05, 3.63) is 65.0 Å². The molecule has 1 unspecified atom stereocenters. The van der Waals surface area contributed by atoms with Crippen molar-refractivity contribution < 1.29 is 9.53 Å². The van der Waals surface area contributed by atoms with Gasteiger partial charge in [-0.25, -0.2) is 0 Å². The zero-order valence-corrected chi connectivity index (χ0v) is 22.1. The summed E-state index contributed by atoms with van der Waals surface area (Å²) in [5.41, 5.74) is 4.36. The highest BCUT2D eigenvalue weighted by Crippen LogP contribution is 2.27. The van der Waals surface area contributed by atoms with E-state index in [4.69, 9.17) is 4.74 Å². The van der Waals surface area contributed by atoms with E-state index in [-0.39, 0.29) is 17.8 Å². The van der Waals surface area contributed by atoms with Gasteiger partial charge in [0.25, 0.3) is 0 Å². The van der Waals surface area contributed by atoms with Gasteiger partial charge in [0.2, 0.25) is 5.91 Å². The van der Waals surface area contributed by atoms with E-state index in [2.05, 4.69) is 59.9 Å². The Labute approximate surface area is 207 Å². The van der Waals surface area contributed by atoms with Crippen molar-refractivity contribution in [2.45, 2.75) is 72.2 Å². The molecule has 1 heterocycles. The molecule has 1 atom stereocenters. The van der Waals surface area contributed by atoms with Gasteiger partial charge >= 0.3 is 0 Å². The first-order chi connectivity index (χ1) is 16.2. The Morgan fingerprint density at radius 3 is 2.38 bits per heavy atom. The molecule has 6 nitrogen and oxygen atoms in total. The van der Waals surface area contributed by atoms with Gasteiger partial charge in [0.05, 0.1) is 5.75 Å². The molecule has 0 spiro atoms. The number of amides is 1. The number of aryl methyl sites for hydroxylation is 1. The zero-order valence-electron chi connectivity index (χ0n) is 21.3. The molecule has 1 N–H and O–H groups in total. The van der Waals surface area contributed by atoms with Crippen LogP contribution in [0.5, 0.6) is 5.75 Å². The Hall–Kier alpha value is -2.80. The van der Waals surface area contributed by atoms with Crippen LogP contribution in [0.3, 0.4) is 0 Å². The van der Waals surface area contributed by atoms with Gasteiger partial charge in [-0.05, 0) is 67.5 Å². The number of anilines is 1. The van der Waals surface area contributed by atoms with Crippen molar-refractivity contribution in [1.29, 1.82) is 0 Å². The summed E-state index contributed by atoms with van der Waals surface area (Å²) in [6, 6.07) is 14.1. The molecule has 0 aliphatic rings. The van der Waals surface area contributed by atoms with Crippen molar-refractivity contribution in [3.63, 3.8) is 0 Å². The average molecular weight is 481 g/mol. The fourth-order valence-electron chi connectivity index (χ4n) is 3.64. The highest BCUT2D eigenvalue weighted by molar-refractivity contribution is 7.99. The number of carbonyl (C=O) groups is 1. The smallest absolute Gasteiger partial charge is 0.234 e. The predicted octanol–water partition coefficient (Wildman–Crippen LogP) is 6.55. The standard InChI is InChI=1S/C27H36N4O2S/c1-17(2)15-31-26(21(7)33-23-13-11-22(12-14-23)18(3)4)29-30-27(31)34-16-25(32)28-24-10-8-9-19(5)20(24)6/h8-14,17-18,21H,15-16H2,1-7H3,(H,28,32). The summed E-state index contributed by atoms with van der Waals surface area (Å²) in [7, 11) is 0. The number of carbonyl (C=O) groups excluding carboxylic acids is 1. The first-order valence-corrected chi connectivity index (χ1v) is 12.8. The number of nitrogens with zero attached hydrogens (tertiary/aromatic N) is 3. The summed E-state index contributed by atoms with van der Waals surface area (Å²) in [6.07, 6.45) is -0.269. The van der Waals surface area contributed by atoms with Gasteiger partial charge in [0.1, 0.15) is 5.75 Å². The van der Waals surface area contributed by atoms with Gasteiger partial charge in [-0.3, -0.25) is 4.79 Å². The number of aromatic nitrogens is 3. The van der Waals surface area contributed by atoms with Crippen LogP contribution in [0.1, 0.15) is 69.2 Å². The number of benzene rings is 2. The third-order valence-corrected chi connectivity index (χ3v) is 6.69. The lowest BCUT2D eigenvalue weighted by molar-refractivity contribution is -0.113. The first-order valence-electron chi connectivity index (χ1n) is 11.8. The van der Waals surface area contributed by atoms with Gasteiger partial charge in [0, 0.05) is 12.2 Å². The van der Waals surface area contributed by atoms with Crippen LogP contribution >= 0.6 is 11.8 Å². The Balaban J connectivity index is 1.70. The molecule has 0 saturated heterocycles. The largest absolute Gasteiger partial charge is 0.483 e. The van der Waals surface area contributed by atoms with Gasteiger partial charge in [-0.2, -0.15) is 0 Å². The molecule has 0 aliphatic carbocycles. The lowest BCUT2D eigenvalue weighted by Crippen LogP contribution is -2.17. The van der Waals surface area contributed by atoms with Crippen molar-refractivity contribution in [2.24, 2.45) is 5.92 Å².